The fourth-order valence-electron chi connectivity index (χ4n) is 5.89. The molecule has 3 atom stereocenters. The van der Waals surface area contributed by atoms with Gasteiger partial charge in [-0.3, -0.25) is 4.90 Å². The van der Waals surface area contributed by atoms with Crippen molar-refractivity contribution in [1.82, 2.24) is 19.5 Å². The van der Waals surface area contributed by atoms with Crippen molar-refractivity contribution in [3.8, 4) is 0 Å². The zero-order valence-electron chi connectivity index (χ0n) is 20.2. The van der Waals surface area contributed by atoms with Crippen LogP contribution in [0.2, 0.25) is 0 Å². The zero-order valence-corrected chi connectivity index (χ0v) is 20.2. The minimum atomic E-state index is -0.496. The lowest BCUT2D eigenvalue weighted by molar-refractivity contribution is 0.00832. The van der Waals surface area contributed by atoms with Crippen LogP contribution >= 0.6 is 0 Å². The Kier molecular flexibility index (Phi) is 5.17. The first-order valence-corrected chi connectivity index (χ1v) is 12.4. The smallest absolute Gasteiger partial charge is 0.172 e. The van der Waals surface area contributed by atoms with Gasteiger partial charge >= 0.3 is 0 Å². The number of benzene rings is 1. The van der Waals surface area contributed by atoms with Crippen LogP contribution in [0, 0.1) is 26.6 Å². The molecule has 0 amide bonds. The first kappa shape index (κ1) is 21.9. The number of halogens is 1. The molecule has 34 heavy (non-hydrogen) atoms. The van der Waals surface area contributed by atoms with E-state index >= 15 is 0 Å². The number of rotatable bonds is 4. The number of likely N-dealkylation sites (tertiary alicyclic amines) is 1. The third-order valence-corrected chi connectivity index (χ3v) is 7.76. The summed E-state index contributed by atoms with van der Waals surface area (Å²) >= 11 is 0. The van der Waals surface area contributed by atoms with Gasteiger partial charge in [0.15, 0.2) is 11.4 Å². The molecule has 3 saturated heterocycles. The molecule has 5 heterocycles. The summed E-state index contributed by atoms with van der Waals surface area (Å²) < 4.78 is 22.4. The summed E-state index contributed by atoms with van der Waals surface area (Å²) in [5.41, 5.74) is 11.0. The number of piperidine rings is 1. The summed E-state index contributed by atoms with van der Waals surface area (Å²) in [5, 5.41) is 4.97. The van der Waals surface area contributed by atoms with E-state index in [1.807, 2.05) is 30.5 Å². The lowest BCUT2D eigenvalue weighted by Crippen LogP contribution is -2.43. The van der Waals surface area contributed by atoms with Gasteiger partial charge in [-0.25, -0.2) is 13.9 Å². The van der Waals surface area contributed by atoms with E-state index in [0.29, 0.717) is 17.7 Å². The third-order valence-electron chi connectivity index (χ3n) is 7.76. The highest BCUT2D eigenvalue weighted by atomic mass is 19.1. The van der Waals surface area contributed by atoms with Crippen LogP contribution in [0.4, 0.5) is 10.2 Å². The standard InChI is InChI=1S/C26H33FN6O/c1-16-10-19(11-17(2)24(16)27)26(15-34-26)32-8-5-4-6-22(32)21-12-23-29-25(18(3)13-33(23)30-21)31-9-7-20(28)14-31/h10-13,20,22H,4-9,14-15,28H2,1-3H3/t20-,22-,26?/m0/s1. The quantitative estimate of drug-likeness (QED) is 0.593. The van der Waals surface area contributed by atoms with Crippen LogP contribution in [-0.4, -0.2) is 51.8 Å². The maximum atomic E-state index is 14.3. The second-order valence-electron chi connectivity index (χ2n) is 10.3. The molecule has 2 aromatic heterocycles. The fourth-order valence-corrected chi connectivity index (χ4v) is 5.89. The molecule has 1 unspecified atom stereocenters. The van der Waals surface area contributed by atoms with Crippen molar-refractivity contribution in [2.75, 3.05) is 31.1 Å². The summed E-state index contributed by atoms with van der Waals surface area (Å²) in [7, 11) is 0. The Labute approximate surface area is 199 Å². The maximum Gasteiger partial charge on any atom is 0.172 e. The summed E-state index contributed by atoms with van der Waals surface area (Å²) in [5.74, 6) is 0.873. The lowest BCUT2D eigenvalue weighted by Gasteiger charge is -2.39. The van der Waals surface area contributed by atoms with E-state index in [4.69, 9.17) is 20.6 Å². The van der Waals surface area contributed by atoms with Crippen molar-refractivity contribution in [2.45, 2.75) is 64.3 Å². The highest BCUT2D eigenvalue weighted by molar-refractivity contribution is 5.54. The molecule has 8 heteroatoms. The summed E-state index contributed by atoms with van der Waals surface area (Å²) in [6.45, 7) is 9.09. The number of aromatic nitrogens is 3. The van der Waals surface area contributed by atoms with Gasteiger partial charge in [-0.2, -0.15) is 5.10 Å². The van der Waals surface area contributed by atoms with Gasteiger partial charge in [-0.15, -0.1) is 0 Å². The van der Waals surface area contributed by atoms with Crippen LogP contribution in [0.25, 0.3) is 5.65 Å². The predicted octanol–water partition coefficient (Wildman–Crippen LogP) is 3.74. The monoisotopic (exact) mass is 464 g/mol. The lowest BCUT2D eigenvalue weighted by atomic mass is 9.93. The molecular weight excluding hydrogens is 431 g/mol. The molecule has 0 radical (unpaired) electrons. The first-order chi connectivity index (χ1) is 16.4. The number of nitrogens with zero attached hydrogens (tertiary/aromatic N) is 5. The minimum absolute atomic E-state index is 0.132. The average Bonchev–Trinajstić information content (AvgIpc) is 3.36. The summed E-state index contributed by atoms with van der Waals surface area (Å²) in [6, 6.07) is 6.36. The highest BCUT2D eigenvalue weighted by Gasteiger charge is 2.55. The van der Waals surface area contributed by atoms with E-state index in [1.165, 1.54) is 0 Å². The fraction of sp³-hybridized carbons (Fsp3) is 0.538. The van der Waals surface area contributed by atoms with Crippen molar-refractivity contribution in [2.24, 2.45) is 5.73 Å². The van der Waals surface area contributed by atoms with Crippen LogP contribution < -0.4 is 10.6 Å². The number of fused-ring (bicyclic) bond motifs is 1. The number of aryl methyl sites for hydroxylation is 3. The van der Waals surface area contributed by atoms with E-state index in [-0.39, 0.29) is 17.9 Å². The Balaban J connectivity index is 1.36. The number of epoxide rings is 1. The van der Waals surface area contributed by atoms with E-state index in [0.717, 1.165) is 73.6 Å². The van der Waals surface area contributed by atoms with Crippen LogP contribution in [0.5, 0.6) is 0 Å². The summed E-state index contributed by atoms with van der Waals surface area (Å²) in [6.07, 6.45) is 6.36. The molecule has 2 N–H and O–H groups in total. The van der Waals surface area contributed by atoms with E-state index in [2.05, 4.69) is 29.0 Å². The normalized spacial score (nSPS) is 27.6. The maximum absolute atomic E-state index is 14.3. The zero-order chi connectivity index (χ0) is 23.6. The number of anilines is 1. The van der Waals surface area contributed by atoms with Crippen molar-refractivity contribution in [1.29, 1.82) is 0 Å². The first-order valence-electron chi connectivity index (χ1n) is 12.4. The molecule has 0 bridgehead atoms. The predicted molar refractivity (Wildman–Crippen MR) is 129 cm³/mol. The van der Waals surface area contributed by atoms with Gasteiger partial charge in [-0.1, -0.05) is 6.42 Å². The second kappa shape index (κ2) is 8.00. The molecule has 3 aliphatic rings. The van der Waals surface area contributed by atoms with Crippen molar-refractivity contribution >= 4 is 11.5 Å². The number of ether oxygens (including phenoxy) is 1. The Morgan fingerprint density at radius 1 is 1.06 bits per heavy atom. The summed E-state index contributed by atoms with van der Waals surface area (Å²) in [4.78, 5) is 9.71. The van der Waals surface area contributed by atoms with Gasteiger partial charge in [0.1, 0.15) is 11.6 Å². The van der Waals surface area contributed by atoms with Crippen LogP contribution in [-0.2, 0) is 10.5 Å². The van der Waals surface area contributed by atoms with E-state index in [9.17, 15) is 4.39 Å². The molecule has 3 aliphatic heterocycles. The Morgan fingerprint density at radius 3 is 2.50 bits per heavy atom. The molecule has 6 rings (SSSR count). The van der Waals surface area contributed by atoms with Crippen LogP contribution in [0.15, 0.2) is 24.4 Å². The van der Waals surface area contributed by atoms with Crippen LogP contribution in [0.1, 0.15) is 59.7 Å². The number of nitrogens with two attached hydrogens (primary N) is 1. The molecule has 0 spiro atoms. The Morgan fingerprint density at radius 2 is 1.82 bits per heavy atom. The molecule has 3 aromatic rings. The molecule has 7 nitrogen and oxygen atoms in total. The van der Waals surface area contributed by atoms with Crippen molar-refractivity contribution in [3.05, 3.63) is 58.2 Å². The van der Waals surface area contributed by atoms with Gasteiger partial charge in [0.2, 0.25) is 0 Å². The van der Waals surface area contributed by atoms with Crippen molar-refractivity contribution in [3.63, 3.8) is 0 Å². The minimum Gasteiger partial charge on any atom is -0.355 e. The topological polar surface area (TPSA) is 75.2 Å². The Bertz CT molecular complexity index is 1230. The number of hydrogen-bond donors (Lipinski definition) is 1. The molecule has 180 valence electrons. The average molecular weight is 465 g/mol. The SMILES string of the molecule is Cc1cn2nc([C@@H]3CCCCN3C3(c4cc(C)c(F)c(C)c4)CO3)cc2nc1N1CC[C@H](N)C1. The molecular formula is C26H33FN6O. The second-order valence-corrected chi connectivity index (χ2v) is 10.3. The van der Waals surface area contributed by atoms with Gasteiger partial charge in [-0.05, 0) is 63.3 Å². The third kappa shape index (κ3) is 3.51. The molecule has 0 aliphatic carbocycles. The van der Waals surface area contributed by atoms with Crippen LogP contribution in [0.3, 0.4) is 0 Å². The Hall–Kier alpha value is -2.55. The van der Waals surface area contributed by atoms with Gasteiger partial charge in [0.05, 0.1) is 18.3 Å². The molecule has 1 aromatic carbocycles. The van der Waals surface area contributed by atoms with E-state index < -0.39 is 5.72 Å². The number of hydrogen-bond acceptors (Lipinski definition) is 6. The van der Waals surface area contributed by atoms with Crippen molar-refractivity contribution < 1.29 is 9.13 Å². The van der Waals surface area contributed by atoms with E-state index in [1.54, 1.807) is 0 Å². The molecule has 3 fully saturated rings. The van der Waals surface area contributed by atoms with Gasteiger partial charge in [0, 0.05) is 49.1 Å². The largest absolute Gasteiger partial charge is 0.355 e. The highest BCUT2D eigenvalue weighted by Crippen LogP contribution is 2.49. The molecule has 0 saturated carbocycles. The van der Waals surface area contributed by atoms with Gasteiger partial charge < -0.3 is 15.4 Å². The van der Waals surface area contributed by atoms with Gasteiger partial charge in [0.25, 0.3) is 0 Å².